The number of H-pyrrole nitrogens is 1. The van der Waals surface area contributed by atoms with Gasteiger partial charge >= 0.3 is 0 Å². The number of aromatic nitrogens is 2. The molecule has 1 aromatic heterocycles. The maximum Gasteiger partial charge on any atom is 0.127 e. The van der Waals surface area contributed by atoms with Crippen LogP contribution in [0.2, 0.25) is 0 Å². The lowest BCUT2D eigenvalue weighted by atomic mass is 10.1. The molecule has 0 atom stereocenters. The average molecular weight is 253 g/mol. The summed E-state index contributed by atoms with van der Waals surface area (Å²) in [5, 5.41) is 8.39. The molecule has 0 amide bonds. The number of rotatable bonds is 3. The van der Waals surface area contributed by atoms with E-state index in [1.165, 1.54) is 0 Å². The normalized spacial score (nSPS) is 10.6. The summed E-state index contributed by atoms with van der Waals surface area (Å²) in [4.78, 5) is 0. The smallest absolute Gasteiger partial charge is 0.127 e. The van der Waals surface area contributed by atoms with Crippen LogP contribution in [0.5, 0.6) is 11.5 Å². The molecular weight excluding hydrogens is 240 g/mol. The zero-order valence-electron chi connectivity index (χ0n) is 10.7. The summed E-state index contributed by atoms with van der Waals surface area (Å²) < 4.78 is 10.4. The van der Waals surface area contributed by atoms with E-state index >= 15 is 0 Å². The Bertz CT molecular complexity index is 719. The number of nitrogens with zero attached hydrogens (tertiary/aromatic N) is 1. The average Bonchev–Trinajstić information content (AvgIpc) is 2.90. The third-order valence-electron chi connectivity index (χ3n) is 3.01. The zero-order chi connectivity index (χ0) is 13.2. The van der Waals surface area contributed by atoms with Crippen molar-refractivity contribution in [3.05, 3.63) is 42.5 Å². The summed E-state index contributed by atoms with van der Waals surface area (Å²) in [6, 6.07) is 14.8. The third kappa shape index (κ3) is 2.01. The van der Waals surface area contributed by atoms with Crippen molar-refractivity contribution in [2.24, 2.45) is 0 Å². The van der Waals surface area contributed by atoms with E-state index in [9.17, 15) is 0 Å². The summed E-state index contributed by atoms with van der Waals surface area (Å²) in [7, 11) is 3.28. The molecule has 0 saturated heterocycles. The van der Waals surface area contributed by atoms with Crippen LogP contribution in [0.15, 0.2) is 36.4 Å². The molecule has 3 aromatic rings. The van der Waals surface area contributed by atoms with E-state index in [4.69, 9.17) is 9.47 Å². The first-order chi connectivity index (χ1) is 9.31. The van der Waals surface area contributed by atoms with Gasteiger partial charge in [0, 0.05) is 23.1 Å². The fourth-order valence-electron chi connectivity index (χ4n) is 2.04. The molecule has 0 saturated carbocycles. The van der Waals surface area contributed by atoms with E-state index in [-0.39, 0.29) is 0 Å². The van der Waals surface area contributed by atoms with E-state index in [2.05, 4.69) is 16.3 Å². The molecule has 0 unspecified atom stereocenters. The van der Waals surface area contributed by atoms with Gasteiger partial charge in [0.2, 0.25) is 0 Å². The fraction of sp³-hybridized carbons (Fsp3) is 0.133. The molecule has 4 nitrogen and oxygen atoms in total. The molecule has 2 aromatic carbocycles. The molecule has 95 valence electrons. The first-order valence-corrected chi connectivity index (χ1v) is 5.90. The Morgan fingerprint density at radius 3 is 2.79 bits per heavy atom. The van der Waals surface area contributed by atoms with Crippen LogP contribution in [-0.2, 0) is 0 Å². The summed E-state index contributed by atoms with van der Waals surface area (Å²) >= 11 is 0. The van der Waals surface area contributed by atoms with Gasteiger partial charge in [0.15, 0.2) is 0 Å². The van der Waals surface area contributed by atoms with Crippen molar-refractivity contribution in [3.8, 4) is 22.8 Å². The molecule has 19 heavy (non-hydrogen) atoms. The van der Waals surface area contributed by atoms with Gasteiger partial charge in [-0.2, -0.15) is 5.10 Å². The van der Waals surface area contributed by atoms with Crippen LogP contribution in [0.4, 0.5) is 0 Å². The Labute approximate surface area is 111 Å². The van der Waals surface area contributed by atoms with Crippen LogP contribution in [0.25, 0.3) is 22.2 Å². The maximum atomic E-state index is 5.20. The van der Waals surface area contributed by atoms with Gasteiger partial charge in [-0.1, -0.05) is 12.1 Å². The molecule has 0 spiro atoms. The largest absolute Gasteiger partial charge is 0.497 e. The minimum Gasteiger partial charge on any atom is -0.497 e. The second-order valence-corrected chi connectivity index (χ2v) is 4.12. The number of hydrogen-bond acceptors (Lipinski definition) is 3. The molecule has 0 bridgehead atoms. The Morgan fingerprint density at radius 2 is 2.00 bits per heavy atom. The summed E-state index contributed by atoms with van der Waals surface area (Å²) in [6.07, 6.45) is 0. The van der Waals surface area contributed by atoms with Crippen LogP contribution in [0.3, 0.4) is 0 Å². The van der Waals surface area contributed by atoms with Crippen molar-refractivity contribution < 1.29 is 9.47 Å². The van der Waals surface area contributed by atoms with Crippen molar-refractivity contribution in [2.75, 3.05) is 14.2 Å². The highest BCUT2D eigenvalue weighted by Crippen LogP contribution is 2.29. The van der Waals surface area contributed by atoms with Gasteiger partial charge in [-0.3, -0.25) is 5.10 Å². The zero-order valence-corrected chi connectivity index (χ0v) is 10.7. The number of benzene rings is 2. The molecule has 1 heterocycles. The van der Waals surface area contributed by atoms with Crippen LogP contribution in [0, 0.1) is 6.07 Å². The standard InChI is InChI=1S/C15H13N2O2/c1-18-11-5-3-4-10(8-11)15-13-7-6-12(19-2)9-14(13)16-17-15/h3-7,9H,1-2H3,(H,16,17). The lowest BCUT2D eigenvalue weighted by Gasteiger charge is -2.02. The van der Waals surface area contributed by atoms with E-state index in [0.29, 0.717) is 5.75 Å². The number of nitrogens with one attached hydrogen (secondary N) is 1. The van der Waals surface area contributed by atoms with E-state index < -0.39 is 0 Å². The number of ether oxygens (including phenoxy) is 2. The highest BCUT2D eigenvalue weighted by Gasteiger charge is 2.09. The monoisotopic (exact) mass is 253 g/mol. The molecule has 0 aliphatic heterocycles. The number of aromatic amines is 1. The van der Waals surface area contributed by atoms with Crippen LogP contribution in [-0.4, -0.2) is 24.4 Å². The SMILES string of the molecule is COc1[c]c(-c2n[nH]c3cc(OC)ccc23)ccc1. The third-order valence-corrected chi connectivity index (χ3v) is 3.01. The van der Waals surface area contributed by atoms with E-state index in [1.54, 1.807) is 14.2 Å². The van der Waals surface area contributed by atoms with E-state index in [0.717, 1.165) is 27.9 Å². The van der Waals surface area contributed by atoms with Crippen LogP contribution < -0.4 is 9.47 Å². The van der Waals surface area contributed by atoms with Gasteiger partial charge < -0.3 is 9.47 Å². The van der Waals surface area contributed by atoms with Crippen molar-refractivity contribution in [3.63, 3.8) is 0 Å². The maximum absolute atomic E-state index is 5.20. The van der Waals surface area contributed by atoms with Crippen molar-refractivity contribution in [2.45, 2.75) is 0 Å². The predicted molar refractivity (Wildman–Crippen MR) is 73.5 cm³/mol. The summed E-state index contributed by atoms with van der Waals surface area (Å²) in [6.45, 7) is 0. The van der Waals surface area contributed by atoms with Gasteiger partial charge in [0.05, 0.1) is 19.7 Å². The van der Waals surface area contributed by atoms with Crippen molar-refractivity contribution in [1.82, 2.24) is 10.2 Å². The van der Waals surface area contributed by atoms with Gasteiger partial charge in [0.1, 0.15) is 17.2 Å². The highest BCUT2D eigenvalue weighted by molar-refractivity contribution is 5.93. The molecule has 4 heteroatoms. The predicted octanol–water partition coefficient (Wildman–Crippen LogP) is 3.05. The first-order valence-electron chi connectivity index (χ1n) is 5.90. The van der Waals surface area contributed by atoms with Crippen molar-refractivity contribution in [1.29, 1.82) is 0 Å². The highest BCUT2D eigenvalue weighted by atomic mass is 16.5. The summed E-state index contributed by atoms with van der Waals surface area (Å²) in [5.74, 6) is 1.50. The van der Waals surface area contributed by atoms with Gasteiger partial charge in [0.25, 0.3) is 0 Å². The lowest BCUT2D eigenvalue weighted by molar-refractivity contribution is 0.414. The lowest BCUT2D eigenvalue weighted by Crippen LogP contribution is -1.85. The second-order valence-electron chi connectivity index (χ2n) is 4.12. The second kappa shape index (κ2) is 4.65. The van der Waals surface area contributed by atoms with Crippen LogP contribution >= 0.6 is 0 Å². The Hall–Kier alpha value is -2.49. The quantitative estimate of drug-likeness (QED) is 0.780. The number of fused-ring (bicyclic) bond motifs is 1. The molecule has 3 rings (SSSR count). The molecule has 0 aliphatic rings. The Kier molecular flexibility index (Phi) is 2.83. The topological polar surface area (TPSA) is 47.1 Å². The number of methoxy groups -OCH3 is 2. The Morgan fingerprint density at radius 1 is 1.11 bits per heavy atom. The van der Waals surface area contributed by atoms with Gasteiger partial charge in [-0.25, -0.2) is 0 Å². The molecule has 1 radical (unpaired) electrons. The van der Waals surface area contributed by atoms with Crippen LogP contribution in [0.1, 0.15) is 0 Å². The van der Waals surface area contributed by atoms with Gasteiger partial charge in [-0.15, -0.1) is 0 Å². The molecule has 0 fully saturated rings. The molecular formula is C15H13N2O2. The Balaban J connectivity index is 2.14. The minimum atomic E-state index is 0.696. The fourth-order valence-corrected chi connectivity index (χ4v) is 2.04. The van der Waals surface area contributed by atoms with E-state index in [1.807, 2.05) is 36.4 Å². The number of hydrogen-bond donors (Lipinski definition) is 1. The minimum absolute atomic E-state index is 0.696. The molecule has 0 aliphatic carbocycles. The van der Waals surface area contributed by atoms with Gasteiger partial charge in [-0.05, 0) is 18.2 Å². The van der Waals surface area contributed by atoms with Crippen molar-refractivity contribution >= 4 is 10.9 Å². The summed E-state index contributed by atoms with van der Waals surface area (Å²) in [5.41, 5.74) is 2.69. The molecule has 1 N–H and O–H groups in total. The first kappa shape index (κ1) is 11.6.